The number of nitrogens with zero attached hydrogens (tertiary/aromatic N) is 1. The molecule has 1 aromatic heterocycles. The van der Waals surface area contributed by atoms with Crippen molar-refractivity contribution in [3.05, 3.63) is 30.4 Å². The summed E-state index contributed by atoms with van der Waals surface area (Å²) in [6.07, 6.45) is 4.09. The minimum atomic E-state index is 1.33. The monoisotopic (exact) mass is 123 g/mol. The van der Waals surface area contributed by atoms with E-state index in [2.05, 4.69) is 18.0 Å². The molecule has 1 nitrogen and oxygen atoms in total. The van der Waals surface area contributed by atoms with Crippen LogP contribution in [-0.4, -0.2) is 0 Å². The van der Waals surface area contributed by atoms with Gasteiger partial charge in [-0.3, -0.25) is 0 Å². The highest BCUT2D eigenvalue weighted by Gasteiger charge is 2.09. The van der Waals surface area contributed by atoms with E-state index < -0.39 is 0 Å². The Morgan fingerprint density at radius 2 is 2.00 bits per heavy atom. The molecule has 2 aliphatic heterocycles. The second-order valence-corrected chi connectivity index (χ2v) is 2.62. The van der Waals surface area contributed by atoms with Gasteiger partial charge in [-0.1, -0.05) is 0 Å². The average Bonchev–Trinajstić information content (AvgIpc) is 1.92. The molecular weight excluding hydrogens is 118 g/mol. The molecular formula is C6H5NS+. The standard InChI is InChI=1S/C6H5NS/c1-3-7-4-2-6(1)8-5-7/h1-5H/q+1. The van der Waals surface area contributed by atoms with Crippen molar-refractivity contribution in [2.45, 2.75) is 4.90 Å². The Bertz CT molecular complexity index is 169. The van der Waals surface area contributed by atoms with Gasteiger partial charge in [0.1, 0.15) is 0 Å². The van der Waals surface area contributed by atoms with Crippen molar-refractivity contribution in [1.29, 1.82) is 0 Å². The van der Waals surface area contributed by atoms with Crippen LogP contribution in [0, 0.1) is 5.88 Å². The highest BCUT2D eigenvalue weighted by Crippen LogP contribution is 2.20. The van der Waals surface area contributed by atoms with Crippen LogP contribution in [0.25, 0.3) is 0 Å². The second kappa shape index (κ2) is 1.49. The summed E-state index contributed by atoms with van der Waals surface area (Å²) in [5.41, 5.74) is 0. The Kier molecular flexibility index (Phi) is 0.815. The molecule has 2 aliphatic rings. The van der Waals surface area contributed by atoms with Crippen LogP contribution >= 0.6 is 11.8 Å². The van der Waals surface area contributed by atoms with E-state index in [-0.39, 0.29) is 0 Å². The molecule has 0 aliphatic carbocycles. The van der Waals surface area contributed by atoms with E-state index in [0.717, 1.165) is 0 Å². The van der Waals surface area contributed by atoms with Gasteiger partial charge >= 0.3 is 0 Å². The Labute approximate surface area is 52.3 Å². The quantitative estimate of drug-likeness (QED) is 0.466. The van der Waals surface area contributed by atoms with Gasteiger partial charge in [0.25, 0.3) is 5.88 Å². The second-order valence-electron chi connectivity index (χ2n) is 1.70. The van der Waals surface area contributed by atoms with Crippen LogP contribution in [0.4, 0.5) is 0 Å². The molecule has 0 unspecified atom stereocenters. The van der Waals surface area contributed by atoms with E-state index in [0.29, 0.717) is 0 Å². The fourth-order valence-electron chi connectivity index (χ4n) is 0.695. The molecule has 39 valence electrons. The first kappa shape index (κ1) is 4.39. The van der Waals surface area contributed by atoms with Crippen LogP contribution in [0.3, 0.4) is 0 Å². The highest BCUT2D eigenvalue weighted by molar-refractivity contribution is 8.01. The fourth-order valence-corrected chi connectivity index (χ4v) is 1.36. The van der Waals surface area contributed by atoms with Gasteiger partial charge in [0.15, 0.2) is 12.4 Å². The molecule has 0 saturated heterocycles. The first-order valence-corrected chi connectivity index (χ1v) is 3.34. The number of hydrogen-bond donors (Lipinski definition) is 0. The van der Waals surface area contributed by atoms with Crippen LogP contribution in [0.1, 0.15) is 0 Å². The molecule has 0 atom stereocenters. The van der Waals surface area contributed by atoms with Gasteiger partial charge in [-0.2, -0.15) is 4.57 Å². The first-order chi connectivity index (χ1) is 3.95. The summed E-state index contributed by atoms with van der Waals surface area (Å²) in [6, 6.07) is 4.20. The third-order valence-corrected chi connectivity index (χ3v) is 2.03. The van der Waals surface area contributed by atoms with E-state index in [1.54, 1.807) is 11.8 Å². The summed E-state index contributed by atoms with van der Waals surface area (Å²) >= 11 is 1.76. The van der Waals surface area contributed by atoms with E-state index >= 15 is 0 Å². The van der Waals surface area contributed by atoms with Crippen molar-refractivity contribution >= 4 is 11.8 Å². The zero-order valence-corrected chi connectivity index (χ0v) is 5.06. The van der Waals surface area contributed by atoms with E-state index in [4.69, 9.17) is 0 Å². The minimum Gasteiger partial charge on any atom is -0.185 e. The van der Waals surface area contributed by atoms with E-state index in [1.807, 2.05) is 17.0 Å². The highest BCUT2D eigenvalue weighted by atomic mass is 32.2. The van der Waals surface area contributed by atoms with Crippen molar-refractivity contribution in [1.82, 2.24) is 0 Å². The molecule has 1 aromatic rings. The maximum atomic E-state index is 2.10. The zero-order valence-electron chi connectivity index (χ0n) is 4.24. The molecule has 2 bridgehead atoms. The predicted molar refractivity (Wildman–Crippen MR) is 32.2 cm³/mol. The average molecular weight is 123 g/mol. The van der Waals surface area contributed by atoms with Crippen LogP contribution in [0.15, 0.2) is 29.4 Å². The number of aromatic nitrogens is 1. The molecule has 3 heterocycles. The zero-order chi connectivity index (χ0) is 5.40. The van der Waals surface area contributed by atoms with Gasteiger partial charge in [0, 0.05) is 17.0 Å². The molecule has 0 fully saturated rings. The SMILES string of the molecule is [CH]1Sc2cc[n+]1cc2. The summed E-state index contributed by atoms with van der Waals surface area (Å²) in [7, 11) is 0. The smallest absolute Gasteiger partial charge is 0.185 e. The lowest BCUT2D eigenvalue weighted by molar-refractivity contribution is -0.621. The summed E-state index contributed by atoms with van der Waals surface area (Å²) in [6.45, 7) is 0. The Hall–Kier alpha value is -0.500. The lowest BCUT2D eigenvalue weighted by Gasteiger charge is -2.01. The lowest BCUT2D eigenvalue weighted by atomic mass is 10.5. The molecule has 0 N–H and O–H groups in total. The number of hydrogen-bond acceptors (Lipinski definition) is 1. The largest absolute Gasteiger partial charge is 0.280 e. The van der Waals surface area contributed by atoms with Crippen LogP contribution in [0.5, 0.6) is 0 Å². The third-order valence-electron chi connectivity index (χ3n) is 1.13. The fraction of sp³-hybridized carbons (Fsp3) is 0. The van der Waals surface area contributed by atoms with Gasteiger partial charge in [-0.25, -0.2) is 0 Å². The van der Waals surface area contributed by atoms with Crippen molar-refractivity contribution in [2.24, 2.45) is 0 Å². The number of thioether (sulfide) groups is 1. The van der Waals surface area contributed by atoms with Crippen molar-refractivity contribution in [3.63, 3.8) is 0 Å². The Morgan fingerprint density at radius 1 is 1.25 bits per heavy atom. The molecule has 8 heavy (non-hydrogen) atoms. The topological polar surface area (TPSA) is 3.88 Å². The van der Waals surface area contributed by atoms with Gasteiger partial charge in [0.2, 0.25) is 0 Å². The third kappa shape index (κ3) is 0.530. The van der Waals surface area contributed by atoms with Crippen LogP contribution < -0.4 is 4.57 Å². The molecule has 3 rings (SSSR count). The molecule has 2 heteroatoms. The number of rotatable bonds is 0. The molecule has 0 spiro atoms. The first-order valence-electron chi connectivity index (χ1n) is 2.46. The Morgan fingerprint density at radius 3 is 2.12 bits per heavy atom. The normalized spacial score (nSPS) is 14.5. The Balaban J connectivity index is 2.69. The molecule has 0 aromatic carbocycles. The van der Waals surface area contributed by atoms with Gasteiger partial charge in [-0.15, -0.1) is 0 Å². The number of fused-ring (bicyclic) bond motifs is 3. The van der Waals surface area contributed by atoms with Crippen LogP contribution in [0.2, 0.25) is 0 Å². The minimum absolute atomic E-state index is 1.33. The molecule has 0 amide bonds. The number of pyridine rings is 1. The van der Waals surface area contributed by atoms with Gasteiger partial charge < -0.3 is 0 Å². The van der Waals surface area contributed by atoms with Crippen molar-refractivity contribution < 1.29 is 4.57 Å². The molecule has 0 saturated carbocycles. The van der Waals surface area contributed by atoms with Crippen LogP contribution in [-0.2, 0) is 0 Å². The van der Waals surface area contributed by atoms with E-state index in [9.17, 15) is 0 Å². The summed E-state index contributed by atoms with van der Waals surface area (Å²) in [5, 5.41) is 0. The van der Waals surface area contributed by atoms with Crippen molar-refractivity contribution in [2.75, 3.05) is 0 Å². The summed E-state index contributed by atoms with van der Waals surface area (Å²) < 4.78 is 2.04. The van der Waals surface area contributed by atoms with E-state index in [1.165, 1.54) is 4.90 Å². The lowest BCUT2D eigenvalue weighted by Crippen LogP contribution is -2.30. The summed E-state index contributed by atoms with van der Waals surface area (Å²) in [4.78, 5) is 1.33. The maximum absolute atomic E-state index is 2.10. The maximum Gasteiger partial charge on any atom is 0.280 e. The van der Waals surface area contributed by atoms with Gasteiger partial charge in [-0.05, 0) is 11.8 Å². The summed E-state index contributed by atoms with van der Waals surface area (Å²) in [5.74, 6) is 2.08. The molecule has 1 radical (unpaired) electrons. The van der Waals surface area contributed by atoms with Crippen molar-refractivity contribution in [3.8, 4) is 0 Å². The van der Waals surface area contributed by atoms with Gasteiger partial charge in [0.05, 0.1) is 0 Å². The predicted octanol–water partition coefficient (Wildman–Crippen LogP) is 1.05.